The van der Waals surface area contributed by atoms with Crippen molar-refractivity contribution in [2.24, 2.45) is 5.41 Å². The molecule has 9 heteroatoms. The Hall–Kier alpha value is -3.75. The second-order valence-electron chi connectivity index (χ2n) is 8.81. The highest BCUT2D eigenvalue weighted by molar-refractivity contribution is 6.30. The maximum atomic E-state index is 14.1. The molecule has 9 nitrogen and oxygen atoms in total. The number of hydrogen-bond donors (Lipinski definition) is 1. The van der Waals surface area contributed by atoms with Crippen molar-refractivity contribution in [1.82, 2.24) is 5.32 Å². The van der Waals surface area contributed by atoms with Crippen LogP contribution >= 0.6 is 0 Å². The fourth-order valence-corrected chi connectivity index (χ4v) is 5.15. The molecule has 1 fully saturated rings. The number of nitro benzene ring substituents is 1. The van der Waals surface area contributed by atoms with Crippen molar-refractivity contribution in [1.29, 1.82) is 0 Å². The number of urea groups is 1. The van der Waals surface area contributed by atoms with Crippen LogP contribution in [-0.2, 0) is 16.0 Å². The van der Waals surface area contributed by atoms with Gasteiger partial charge in [-0.05, 0) is 36.6 Å². The Morgan fingerprint density at radius 2 is 1.82 bits per heavy atom. The summed E-state index contributed by atoms with van der Waals surface area (Å²) in [7, 11) is 0. The third kappa shape index (κ3) is 3.70. The van der Waals surface area contributed by atoms with Crippen molar-refractivity contribution >= 4 is 34.9 Å². The molecule has 2 aromatic rings. The molecule has 1 N–H and O–H groups in total. The first kappa shape index (κ1) is 23.4. The fraction of sp³-hybridized carbons (Fsp3) is 0.400. The summed E-state index contributed by atoms with van der Waals surface area (Å²) in [6, 6.07) is 11.8. The Morgan fingerprint density at radius 1 is 1.09 bits per heavy atom. The first-order valence-electron chi connectivity index (χ1n) is 11.6. The van der Waals surface area contributed by atoms with Crippen LogP contribution in [0.3, 0.4) is 0 Å². The summed E-state index contributed by atoms with van der Waals surface area (Å²) in [6.07, 6.45) is 2.98. The van der Waals surface area contributed by atoms with Gasteiger partial charge in [-0.2, -0.15) is 0 Å². The van der Waals surface area contributed by atoms with E-state index in [0.717, 1.165) is 29.8 Å². The lowest BCUT2D eigenvalue weighted by Gasteiger charge is -2.52. The minimum absolute atomic E-state index is 0.0153. The zero-order chi connectivity index (χ0) is 24.5. The average molecular weight is 465 g/mol. The molecule has 178 valence electrons. The molecule has 4 rings (SSSR count). The number of nitrogens with zero attached hydrogens (tertiary/aromatic N) is 3. The van der Waals surface area contributed by atoms with Gasteiger partial charge in [0.15, 0.2) is 5.41 Å². The second-order valence-corrected chi connectivity index (χ2v) is 8.81. The number of para-hydroxylation sites is 1. The zero-order valence-electron chi connectivity index (χ0n) is 19.3. The molecule has 2 atom stereocenters. The van der Waals surface area contributed by atoms with Crippen molar-refractivity contribution in [2.75, 3.05) is 16.3 Å². The summed E-state index contributed by atoms with van der Waals surface area (Å²) >= 11 is 0. The van der Waals surface area contributed by atoms with Crippen LogP contribution in [0.25, 0.3) is 0 Å². The molecule has 0 radical (unpaired) electrons. The number of rotatable bonds is 7. The quantitative estimate of drug-likeness (QED) is 0.373. The van der Waals surface area contributed by atoms with Crippen molar-refractivity contribution in [3.05, 3.63) is 64.2 Å². The van der Waals surface area contributed by atoms with Gasteiger partial charge < -0.3 is 4.90 Å². The Bertz CT molecular complexity index is 1140. The molecule has 1 spiro atoms. The van der Waals surface area contributed by atoms with E-state index in [9.17, 15) is 24.5 Å². The molecule has 0 bridgehead atoms. The SMILES string of the molecule is CCCCN1c2ccc([N+](=O)[O-])cc2CC2(C(=O)NC(=O)N(c3ccccc3)C2=O)C1CCC. The van der Waals surface area contributed by atoms with E-state index in [1.807, 2.05) is 11.8 Å². The average Bonchev–Trinajstić information content (AvgIpc) is 2.82. The van der Waals surface area contributed by atoms with Gasteiger partial charge in [0.05, 0.1) is 16.7 Å². The Morgan fingerprint density at radius 3 is 2.47 bits per heavy atom. The van der Waals surface area contributed by atoms with Crippen LogP contribution in [0.5, 0.6) is 0 Å². The third-order valence-corrected chi connectivity index (χ3v) is 6.74. The number of carbonyl (C=O) groups excluding carboxylic acids is 3. The Labute approximate surface area is 197 Å². The second kappa shape index (κ2) is 9.24. The Balaban J connectivity index is 1.91. The number of unbranched alkanes of at least 4 members (excludes halogenated alkanes) is 1. The standard InChI is InChI=1S/C25H28N4O5/c1-3-5-14-27-20-13-12-19(29(33)34)15-17(20)16-25(21(27)9-4-2)22(30)26-24(32)28(23(25)31)18-10-7-6-8-11-18/h6-8,10-13,15,21H,3-5,9,14,16H2,1-2H3,(H,26,30,32). The number of carbonyl (C=O) groups is 3. The van der Waals surface area contributed by atoms with Crippen molar-refractivity contribution < 1.29 is 19.3 Å². The third-order valence-electron chi connectivity index (χ3n) is 6.74. The fourth-order valence-electron chi connectivity index (χ4n) is 5.15. The molecular formula is C25H28N4O5. The van der Waals surface area contributed by atoms with Gasteiger partial charge >= 0.3 is 6.03 Å². The smallest absolute Gasteiger partial charge is 0.335 e. The predicted octanol–water partition coefficient (Wildman–Crippen LogP) is 4.20. The van der Waals surface area contributed by atoms with E-state index < -0.39 is 34.2 Å². The number of hydrogen-bond acceptors (Lipinski definition) is 6. The molecule has 4 amide bonds. The highest BCUT2D eigenvalue weighted by Crippen LogP contribution is 2.47. The Kier molecular flexibility index (Phi) is 6.37. The normalized spacial score (nSPS) is 22.1. The summed E-state index contributed by atoms with van der Waals surface area (Å²) in [5.74, 6) is -1.24. The van der Waals surface area contributed by atoms with Crippen LogP contribution in [-0.4, -0.2) is 35.4 Å². The van der Waals surface area contributed by atoms with Crippen LogP contribution in [0.15, 0.2) is 48.5 Å². The summed E-state index contributed by atoms with van der Waals surface area (Å²) < 4.78 is 0. The summed E-state index contributed by atoms with van der Waals surface area (Å²) in [5, 5.41) is 13.9. The molecule has 1 saturated heterocycles. The van der Waals surface area contributed by atoms with Crippen LogP contribution in [0.1, 0.15) is 45.1 Å². The summed E-state index contributed by atoms with van der Waals surface area (Å²) in [5.41, 5.74) is 0.0424. The molecule has 0 aromatic heterocycles. The maximum Gasteiger partial charge on any atom is 0.335 e. The minimum Gasteiger partial charge on any atom is -0.367 e. The van der Waals surface area contributed by atoms with E-state index in [1.165, 1.54) is 12.1 Å². The monoisotopic (exact) mass is 464 g/mol. The van der Waals surface area contributed by atoms with Gasteiger partial charge in [0.1, 0.15) is 0 Å². The number of benzene rings is 2. The lowest BCUT2D eigenvalue weighted by atomic mass is 9.67. The number of non-ortho nitro benzene ring substituents is 1. The van der Waals surface area contributed by atoms with Gasteiger partial charge in [0.2, 0.25) is 5.91 Å². The topological polar surface area (TPSA) is 113 Å². The minimum atomic E-state index is -1.59. The molecule has 2 aliphatic heterocycles. The number of anilines is 2. The van der Waals surface area contributed by atoms with Crippen LogP contribution in [0.4, 0.5) is 21.9 Å². The van der Waals surface area contributed by atoms with Gasteiger partial charge in [0, 0.05) is 30.8 Å². The number of fused-ring (bicyclic) bond motifs is 1. The largest absolute Gasteiger partial charge is 0.367 e. The number of amides is 4. The number of nitro groups is 1. The molecule has 2 unspecified atom stereocenters. The van der Waals surface area contributed by atoms with Gasteiger partial charge in [-0.25, -0.2) is 9.69 Å². The lowest BCUT2D eigenvalue weighted by molar-refractivity contribution is -0.384. The van der Waals surface area contributed by atoms with Crippen LogP contribution in [0, 0.1) is 15.5 Å². The van der Waals surface area contributed by atoms with E-state index in [0.29, 0.717) is 24.2 Å². The molecule has 0 saturated carbocycles. The highest BCUT2D eigenvalue weighted by Gasteiger charge is 2.62. The maximum absolute atomic E-state index is 14.1. The van der Waals surface area contributed by atoms with Crippen molar-refractivity contribution in [3.8, 4) is 0 Å². The number of barbiturate groups is 1. The van der Waals surface area contributed by atoms with E-state index in [-0.39, 0.29) is 12.1 Å². The van der Waals surface area contributed by atoms with Crippen LogP contribution in [0.2, 0.25) is 0 Å². The predicted molar refractivity (Wildman–Crippen MR) is 128 cm³/mol. The number of imide groups is 2. The lowest BCUT2D eigenvalue weighted by Crippen LogP contribution is -2.72. The van der Waals surface area contributed by atoms with Crippen molar-refractivity contribution in [2.45, 2.75) is 52.0 Å². The van der Waals surface area contributed by atoms with E-state index in [4.69, 9.17) is 0 Å². The summed E-state index contributed by atoms with van der Waals surface area (Å²) in [4.78, 5) is 54.6. The van der Waals surface area contributed by atoms with E-state index >= 15 is 0 Å². The molecule has 2 aliphatic rings. The molecule has 34 heavy (non-hydrogen) atoms. The molecule has 2 aromatic carbocycles. The summed E-state index contributed by atoms with van der Waals surface area (Å²) in [6.45, 7) is 4.63. The van der Waals surface area contributed by atoms with Gasteiger partial charge in [0.25, 0.3) is 11.6 Å². The zero-order valence-corrected chi connectivity index (χ0v) is 19.3. The highest BCUT2D eigenvalue weighted by atomic mass is 16.6. The van der Waals surface area contributed by atoms with E-state index in [1.54, 1.807) is 36.4 Å². The van der Waals surface area contributed by atoms with Gasteiger partial charge in [-0.3, -0.25) is 25.0 Å². The first-order valence-corrected chi connectivity index (χ1v) is 11.6. The molecular weight excluding hydrogens is 436 g/mol. The van der Waals surface area contributed by atoms with Crippen molar-refractivity contribution in [3.63, 3.8) is 0 Å². The first-order chi connectivity index (χ1) is 16.3. The molecule has 2 heterocycles. The van der Waals surface area contributed by atoms with Crippen LogP contribution < -0.4 is 15.1 Å². The van der Waals surface area contributed by atoms with Gasteiger partial charge in [-0.15, -0.1) is 0 Å². The molecule has 0 aliphatic carbocycles. The number of nitrogens with one attached hydrogen (secondary N) is 1. The van der Waals surface area contributed by atoms with Gasteiger partial charge in [-0.1, -0.05) is 44.9 Å². The van der Waals surface area contributed by atoms with E-state index in [2.05, 4.69) is 12.2 Å².